The first kappa shape index (κ1) is 12.1. The number of anilines is 2. The van der Waals surface area contributed by atoms with Crippen molar-refractivity contribution in [1.29, 1.82) is 0 Å². The lowest BCUT2D eigenvalue weighted by molar-refractivity contribution is 0.706. The molecule has 1 aliphatic heterocycles. The SMILES string of the molecule is CCNCc1cncc(N2CCc3ccccc32)n1. The number of hydrogen-bond donors (Lipinski definition) is 1. The molecule has 2 aromatic rings. The van der Waals surface area contributed by atoms with Crippen molar-refractivity contribution in [2.45, 2.75) is 19.9 Å². The zero-order valence-electron chi connectivity index (χ0n) is 11.1. The molecule has 0 atom stereocenters. The van der Waals surface area contributed by atoms with Crippen molar-refractivity contribution in [2.75, 3.05) is 18.0 Å². The average molecular weight is 254 g/mol. The van der Waals surface area contributed by atoms with Gasteiger partial charge in [0.15, 0.2) is 5.82 Å². The minimum absolute atomic E-state index is 0.771. The molecule has 1 N–H and O–H groups in total. The van der Waals surface area contributed by atoms with Crippen LogP contribution >= 0.6 is 0 Å². The molecule has 1 aromatic heterocycles. The van der Waals surface area contributed by atoms with E-state index in [1.807, 2.05) is 12.4 Å². The highest BCUT2D eigenvalue weighted by Crippen LogP contribution is 2.32. The van der Waals surface area contributed by atoms with E-state index in [0.717, 1.165) is 37.6 Å². The summed E-state index contributed by atoms with van der Waals surface area (Å²) in [5, 5.41) is 3.28. The second-order valence-electron chi connectivity index (χ2n) is 4.68. The molecule has 0 amide bonds. The van der Waals surface area contributed by atoms with E-state index in [9.17, 15) is 0 Å². The van der Waals surface area contributed by atoms with E-state index >= 15 is 0 Å². The topological polar surface area (TPSA) is 41.1 Å². The third-order valence-corrected chi connectivity index (χ3v) is 3.39. The van der Waals surface area contributed by atoms with Gasteiger partial charge in [0.25, 0.3) is 0 Å². The van der Waals surface area contributed by atoms with Gasteiger partial charge >= 0.3 is 0 Å². The summed E-state index contributed by atoms with van der Waals surface area (Å²) in [4.78, 5) is 11.3. The van der Waals surface area contributed by atoms with Gasteiger partial charge in [-0.05, 0) is 24.6 Å². The largest absolute Gasteiger partial charge is 0.325 e. The van der Waals surface area contributed by atoms with Gasteiger partial charge in [-0.1, -0.05) is 25.1 Å². The summed E-state index contributed by atoms with van der Waals surface area (Å²) in [6.07, 6.45) is 4.75. The van der Waals surface area contributed by atoms with Gasteiger partial charge in [-0.3, -0.25) is 4.98 Å². The first-order valence-corrected chi connectivity index (χ1v) is 6.75. The van der Waals surface area contributed by atoms with Crippen LogP contribution in [0.2, 0.25) is 0 Å². The van der Waals surface area contributed by atoms with Gasteiger partial charge in [0.2, 0.25) is 0 Å². The maximum Gasteiger partial charge on any atom is 0.151 e. The second kappa shape index (κ2) is 5.36. The monoisotopic (exact) mass is 254 g/mol. The molecule has 1 aromatic carbocycles. The first-order chi connectivity index (χ1) is 9.38. The Morgan fingerprint density at radius 3 is 3.05 bits per heavy atom. The van der Waals surface area contributed by atoms with E-state index in [0.29, 0.717) is 0 Å². The highest BCUT2D eigenvalue weighted by molar-refractivity contribution is 5.66. The smallest absolute Gasteiger partial charge is 0.151 e. The molecule has 0 fully saturated rings. The Labute approximate surface area is 113 Å². The summed E-state index contributed by atoms with van der Waals surface area (Å²) < 4.78 is 0. The third-order valence-electron chi connectivity index (χ3n) is 3.39. The lowest BCUT2D eigenvalue weighted by atomic mass is 10.2. The molecule has 4 nitrogen and oxygen atoms in total. The molecular weight excluding hydrogens is 236 g/mol. The van der Waals surface area contributed by atoms with Crippen molar-refractivity contribution in [3.63, 3.8) is 0 Å². The minimum atomic E-state index is 0.771. The Bertz CT molecular complexity index is 568. The summed E-state index contributed by atoms with van der Waals surface area (Å²) in [5.74, 6) is 0.945. The lowest BCUT2D eigenvalue weighted by Crippen LogP contribution is -2.18. The lowest BCUT2D eigenvalue weighted by Gasteiger charge is -2.18. The molecule has 2 heterocycles. The van der Waals surface area contributed by atoms with Crippen molar-refractivity contribution < 1.29 is 0 Å². The number of fused-ring (bicyclic) bond motifs is 1. The zero-order chi connectivity index (χ0) is 13.1. The van der Waals surface area contributed by atoms with Crippen LogP contribution < -0.4 is 10.2 Å². The van der Waals surface area contributed by atoms with Crippen LogP contribution in [0.3, 0.4) is 0 Å². The van der Waals surface area contributed by atoms with Crippen LogP contribution in [0.15, 0.2) is 36.7 Å². The normalized spacial score (nSPS) is 13.6. The molecule has 0 aliphatic carbocycles. The van der Waals surface area contributed by atoms with Crippen molar-refractivity contribution in [3.05, 3.63) is 47.9 Å². The Kier molecular flexibility index (Phi) is 3.42. The highest BCUT2D eigenvalue weighted by Gasteiger charge is 2.20. The number of hydrogen-bond acceptors (Lipinski definition) is 4. The molecule has 3 rings (SSSR count). The number of nitrogens with zero attached hydrogens (tertiary/aromatic N) is 3. The minimum Gasteiger partial charge on any atom is -0.325 e. The molecule has 0 radical (unpaired) electrons. The molecule has 19 heavy (non-hydrogen) atoms. The molecule has 0 unspecified atom stereocenters. The summed E-state index contributed by atoms with van der Waals surface area (Å²) in [5.41, 5.74) is 3.64. The zero-order valence-corrected chi connectivity index (χ0v) is 11.1. The molecule has 4 heteroatoms. The van der Waals surface area contributed by atoms with Crippen LogP contribution in [0, 0.1) is 0 Å². The third kappa shape index (κ3) is 2.44. The van der Waals surface area contributed by atoms with E-state index < -0.39 is 0 Å². The van der Waals surface area contributed by atoms with Gasteiger partial charge in [0, 0.05) is 25.0 Å². The fourth-order valence-corrected chi connectivity index (χ4v) is 2.44. The number of benzene rings is 1. The Morgan fingerprint density at radius 1 is 1.26 bits per heavy atom. The van der Waals surface area contributed by atoms with Crippen LogP contribution in [0.5, 0.6) is 0 Å². The van der Waals surface area contributed by atoms with E-state index in [1.165, 1.54) is 11.3 Å². The molecule has 0 spiro atoms. The molecule has 0 saturated heterocycles. The van der Waals surface area contributed by atoms with Gasteiger partial charge in [-0.2, -0.15) is 0 Å². The van der Waals surface area contributed by atoms with Crippen LogP contribution in [-0.4, -0.2) is 23.1 Å². The van der Waals surface area contributed by atoms with Crippen LogP contribution in [0.25, 0.3) is 0 Å². The van der Waals surface area contributed by atoms with Crippen molar-refractivity contribution in [1.82, 2.24) is 15.3 Å². The van der Waals surface area contributed by atoms with Gasteiger partial charge in [-0.25, -0.2) is 4.98 Å². The van der Waals surface area contributed by atoms with E-state index in [-0.39, 0.29) is 0 Å². The summed E-state index contributed by atoms with van der Waals surface area (Å²) in [7, 11) is 0. The van der Waals surface area contributed by atoms with Crippen LogP contribution in [0.1, 0.15) is 18.2 Å². The molecule has 0 saturated carbocycles. The van der Waals surface area contributed by atoms with Gasteiger partial charge in [0.1, 0.15) is 0 Å². The number of rotatable bonds is 4. The van der Waals surface area contributed by atoms with Gasteiger partial charge < -0.3 is 10.2 Å². The summed E-state index contributed by atoms with van der Waals surface area (Å²) in [6.45, 7) is 4.79. The fraction of sp³-hybridized carbons (Fsp3) is 0.333. The van der Waals surface area contributed by atoms with Gasteiger partial charge in [0.05, 0.1) is 11.9 Å². The van der Waals surface area contributed by atoms with E-state index in [1.54, 1.807) is 0 Å². The van der Waals surface area contributed by atoms with Crippen molar-refractivity contribution in [2.24, 2.45) is 0 Å². The van der Waals surface area contributed by atoms with E-state index in [4.69, 9.17) is 4.98 Å². The maximum absolute atomic E-state index is 4.69. The summed E-state index contributed by atoms with van der Waals surface area (Å²) >= 11 is 0. The van der Waals surface area contributed by atoms with Crippen molar-refractivity contribution >= 4 is 11.5 Å². The Hall–Kier alpha value is -1.94. The standard InChI is InChI=1S/C15H18N4/c1-2-16-9-13-10-17-11-15(18-13)19-8-7-12-5-3-4-6-14(12)19/h3-6,10-11,16H,2,7-9H2,1H3. The maximum atomic E-state index is 4.69. The summed E-state index contributed by atoms with van der Waals surface area (Å²) in [6, 6.07) is 8.51. The molecular formula is C15H18N4. The fourth-order valence-electron chi connectivity index (χ4n) is 2.44. The van der Waals surface area contributed by atoms with Crippen molar-refractivity contribution in [3.8, 4) is 0 Å². The number of para-hydroxylation sites is 1. The predicted octanol–water partition coefficient (Wildman–Crippen LogP) is 2.28. The first-order valence-electron chi connectivity index (χ1n) is 6.75. The number of nitrogens with one attached hydrogen (secondary N) is 1. The van der Waals surface area contributed by atoms with Crippen LogP contribution in [-0.2, 0) is 13.0 Å². The van der Waals surface area contributed by atoms with Crippen LogP contribution in [0.4, 0.5) is 11.5 Å². The van der Waals surface area contributed by atoms with E-state index in [2.05, 4.69) is 46.4 Å². The Morgan fingerprint density at radius 2 is 2.16 bits per heavy atom. The quantitative estimate of drug-likeness (QED) is 0.909. The highest BCUT2D eigenvalue weighted by atomic mass is 15.2. The second-order valence-corrected chi connectivity index (χ2v) is 4.68. The predicted molar refractivity (Wildman–Crippen MR) is 76.6 cm³/mol. The molecule has 0 bridgehead atoms. The Balaban J connectivity index is 1.87. The molecule has 1 aliphatic rings. The molecule has 98 valence electrons. The van der Waals surface area contributed by atoms with Gasteiger partial charge in [-0.15, -0.1) is 0 Å². The number of aromatic nitrogens is 2. The average Bonchev–Trinajstić information content (AvgIpc) is 2.89.